The van der Waals surface area contributed by atoms with Crippen LogP contribution in [-0.2, 0) is 9.53 Å². The Morgan fingerprint density at radius 1 is 1.32 bits per heavy atom. The van der Waals surface area contributed by atoms with Gasteiger partial charge in [-0.3, -0.25) is 4.79 Å². The van der Waals surface area contributed by atoms with Crippen molar-refractivity contribution in [2.24, 2.45) is 5.73 Å². The number of likely N-dealkylation sites (tertiary alicyclic amines) is 1. The molecule has 0 aromatic carbocycles. The predicted molar refractivity (Wildman–Crippen MR) is 103 cm³/mol. The predicted octanol–water partition coefficient (Wildman–Crippen LogP) is 1.75. The molecule has 2 saturated heterocycles. The zero-order chi connectivity index (χ0) is 16.4. The highest BCUT2D eigenvalue weighted by molar-refractivity contribution is 5.93. The van der Waals surface area contributed by atoms with E-state index in [9.17, 15) is 4.79 Å². The minimum atomic E-state index is -0.398. The fourth-order valence-corrected chi connectivity index (χ4v) is 3.41. The molecule has 9 heteroatoms. The van der Waals surface area contributed by atoms with Crippen LogP contribution in [0.2, 0.25) is 0 Å². The summed E-state index contributed by atoms with van der Waals surface area (Å²) in [6.07, 6.45) is 3.29. The van der Waals surface area contributed by atoms with Crippen molar-refractivity contribution in [1.29, 1.82) is 0 Å². The topological polar surface area (TPSA) is 85.4 Å². The van der Waals surface area contributed by atoms with E-state index in [0.29, 0.717) is 12.6 Å². The SMILES string of the molecule is Cc1cc(NC(=O)[C@@H]2CC[C@H](CN)O2)n(C2CCN(C)CC2)n1.Cl.Cl. The number of amides is 1. The molecule has 0 aliphatic carbocycles. The number of nitrogens with zero attached hydrogens (tertiary/aromatic N) is 3. The van der Waals surface area contributed by atoms with Crippen LogP contribution < -0.4 is 11.1 Å². The third-order valence-electron chi connectivity index (χ3n) is 4.81. The summed E-state index contributed by atoms with van der Waals surface area (Å²) in [5.74, 6) is 0.692. The van der Waals surface area contributed by atoms with Gasteiger partial charge in [0.2, 0.25) is 0 Å². The zero-order valence-corrected chi connectivity index (χ0v) is 16.4. The molecule has 2 fully saturated rings. The second-order valence-electron chi connectivity index (χ2n) is 6.70. The first-order chi connectivity index (χ1) is 11.1. The van der Waals surface area contributed by atoms with Gasteiger partial charge in [-0.05, 0) is 52.7 Å². The van der Waals surface area contributed by atoms with E-state index < -0.39 is 6.10 Å². The number of nitrogens with one attached hydrogen (secondary N) is 1. The number of anilines is 1. The lowest BCUT2D eigenvalue weighted by atomic mass is 10.1. The number of carbonyl (C=O) groups is 1. The molecule has 2 aliphatic heterocycles. The van der Waals surface area contributed by atoms with Crippen LogP contribution >= 0.6 is 24.8 Å². The number of halogens is 2. The molecular weight excluding hydrogens is 365 g/mol. The Bertz CT molecular complexity index is 561. The number of hydrogen-bond acceptors (Lipinski definition) is 5. The number of hydrogen-bond donors (Lipinski definition) is 2. The molecule has 3 heterocycles. The molecule has 0 radical (unpaired) electrons. The van der Waals surface area contributed by atoms with Crippen LogP contribution in [0.5, 0.6) is 0 Å². The van der Waals surface area contributed by atoms with Crippen LogP contribution in [0.1, 0.15) is 37.4 Å². The van der Waals surface area contributed by atoms with Crippen LogP contribution in [0.15, 0.2) is 6.07 Å². The van der Waals surface area contributed by atoms with Crippen LogP contribution in [0.25, 0.3) is 0 Å². The van der Waals surface area contributed by atoms with E-state index in [4.69, 9.17) is 10.5 Å². The fourth-order valence-electron chi connectivity index (χ4n) is 3.41. The van der Waals surface area contributed by atoms with Gasteiger partial charge in [-0.25, -0.2) is 4.68 Å². The summed E-state index contributed by atoms with van der Waals surface area (Å²) in [6, 6.07) is 2.28. The number of aryl methyl sites for hydroxylation is 1. The van der Waals surface area contributed by atoms with Gasteiger partial charge in [0.25, 0.3) is 5.91 Å². The number of ether oxygens (including phenoxy) is 1. The van der Waals surface area contributed by atoms with Gasteiger partial charge in [-0.1, -0.05) is 0 Å². The number of carbonyl (C=O) groups excluding carboxylic acids is 1. The molecule has 1 aromatic heterocycles. The molecule has 25 heavy (non-hydrogen) atoms. The third kappa shape index (κ3) is 5.31. The van der Waals surface area contributed by atoms with Gasteiger partial charge in [-0.15, -0.1) is 24.8 Å². The summed E-state index contributed by atoms with van der Waals surface area (Å²) in [5.41, 5.74) is 6.53. The molecule has 0 bridgehead atoms. The molecule has 0 spiro atoms. The van der Waals surface area contributed by atoms with E-state index in [1.54, 1.807) is 0 Å². The highest BCUT2D eigenvalue weighted by atomic mass is 35.5. The van der Waals surface area contributed by atoms with E-state index in [2.05, 4.69) is 22.4 Å². The Morgan fingerprint density at radius 2 is 2.00 bits per heavy atom. The van der Waals surface area contributed by atoms with Gasteiger partial charge >= 0.3 is 0 Å². The smallest absolute Gasteiger partial charge is 0.254 e. The minimum absolute atomic E-state index is 0. The number of nitrogens with two attached hydrogens (primary N) is 1. The second-order valence-corrected chi connectivity index (χ2v) is 6.70. The summed E-state index contributed by atoms with van der Waals surface area (Å²) < 4.78 is 7.66. The van der Waals surface area contributed by atoms with Crippen molar-refractivity contribution >= 4 is 36.5 Å². The summed E-state index contributed by atoms with van der Waals surface area (Å²) in [4.78, 5) is 14.8. The molecule has 1 amide bonds. The Morgan fingerprint density at radius 3 is 2.60 bits per heavy atom. The van der Waals surface area contributed by atoms with E-state index >= 15 is 0 Å². The van der Waals surface area contributed by atoms with Crippen molar-refractivity contribution in [2.75, 3.05) is 32.0 Å². The van der Waals surface area contributed by atoms with Gasteiger partial charge in [0.15, 0.2) is 0 Å². The van der Waals surface area contributed by atoms with Crippen molar-refractivity contribution in [2.45, 2.75) is 50.9 Å². The highest BCUT2D eigenvalue weighted by Gasteiger charge is 2.31. The van der Waals surface area contributed by atoms with E-state index in [0.717, 1.165) is 50.3 Å². The first kappa shape index (κ1) is 22.2. The number of rotatable bonds is 4. The van der Waals surface area contributed by atoms with Gasteiger partial charge in [0.1, 0.15) is 11.9 Å². The van der Waals surface area contributed by atoms with Crippen LogP contribution in [0.4, 0.5) is 5.82 Å². The Labute approximate surface area is 161 Å². The molecule has 0 unspecified atom stereocenters. The van der Waals surface area contributed by atoms with Crippen molar-refractivity contribution in [3.63, 3.8) is 0 Å². The molecule has 2 atom stereocenters. The van der Waals surface area contributed by atoms with E-state index in [1.165, 1.54) is 0 Å². The quantitative estimate of drug-likeness (QED) is 0.813. The van der Waals surface area contributed by atoms with Gasteiger partial charge in [-0.2, -0.15) is 5.10 Å². The minimum Gasteiger partial charge on any atom is -0.364 e. The molecule has 3 N–H and O–H groups in total. The van der Waals surface area contributed by atoms with Gasteiger partial charge < -0.3 is 20.7 Å². The molecule has 2 aliphatic rings. The monoisotopic (exact) mass is 393 g/mol. The second kappa shape index (κ2) is 9.73. The van der Waals surface area contributed by atoms with Gasteiger partial charge in [0, 0.05) is 12.6 Å². The fraction of sp³-hybridized carbons (Fsp3) is 0.750. The average Bonchev–Trinajstić information content (AvgIpc) is 3.15. The summed E-state index contributed by atoms with van der Waals surface area (Å²) in [7, 11) is 2.14. The van der Waals surface area contributed by atoms with Gasteiger partial charge in [0.05, 0.1) is 17.8 Å². The van der Waals surface area contributed by atoms with Crippen molar-refractivity contribution in [3.8, 4) is 0 Å². The lowest BCUT2D eigenvalue weighted by Gasteiger charge is -2.30. The van der Waals surface area contributed by atoms with E-state index in [1.807, 2.05) is 17.7 Å². The molecular formula is C16H29Cl2N5O2. The number of piperidine rings is 1. The standard InChI is InChI=1S/C16H27N5O2.2ClH/c1-11-9-15(18-16(22)14-4-3-13(10-17)23-14)21(19-11)12-5-7-20(2)8-6-12;;/h9,12-14H,3-8,10,17H2,1-2H3,(H,18,22);2*1H/t13-,14+;;/m1../s1. The largest absolute Gasteiger partial charge is 0.364 e. The highest BCUT2D eigenvalue weighted by Crippen LogP contribution is 2.27. The van der Waals surface area contributed by atoms with Crippen molar-refractivity contribution in [3.05, 3.63) is 11.8 Å². The summed E-state index contributed by atoms with van der Waals surface area (Å²) in [5, 5.41) is 7.60. The molecule has 144 valence electrons. The van der Waals surface area contributed by atoms with Crippen molar-refractivity contribution in [1.82, 2.24) is 14.7 Å². The summed E-state index contributed by atoms with van der Waals surface area (Å²) >= 11 is 0. The normalized spacial score (nSPS) is 24.4. The Hall–Kier alpha value is -0.860. The number of aromatic nitrogens is 2. The molecule has 3 rings (SSSR count). The Kier molecular flexibility index (Phi) is 8.63. The maximum Gasteiger partial charge on any atom is 0.254 e. The average molecular weight is 394 g/mol. The first-order valence-corrected chi connectivity index (χ1v) is 8.48. The maximum atomic E-state index is 12.4. The molecule has 1 aromatic rings. The Balaban J connectivity index is 0.00000156. The van der Waals surface area contributed by atoms with Crippen LogP contribution in [0.3, 0.4) is 0 Å². The molecule has 0 saturated carbocycles. The third-order valence-corrected chi connectivity index (χ3v) is 4.81. The molecule has 7 nitrogen and oxygen atoms in total. The van der Waals surface area contributed by atoms with Crippen LogP contribution in [0, 0.1) is 6.92 Å². The van der Waals surface area contributed by atoms with E-state index in [-0.39, 0.29) is 36.8 Å². The maximum absolute atomic E-state index is 12.4. The summed E-state index contributed by atoms with van der Waals surface area (Å²) in [6.45, 7) is 4.54. The van der Waals surface area contributed by atoms with Crippen LogP contribution in [-0.4, -0.2) is 59.5 Å². The first-order valence-electron chi connectivity index (χ1n) is 8.48. The van der Waals surface area contributed by atoms with Crippen molar-refractivity contribution < 1.29 is 9.53 Å². The lowest BCUT2D eigenvalue weighted by molar-refractivity contribution is -0.126. The zero-order valence-electron chi connectivity index (χ0n) is 14.8. The lowest BCUT2D eigenvalue weighted by Crippen LogP contribution is -2.34.